The molecule has 1 amide bonds. The van der Waals surface area contributed by atoms with E-state index in [-0.39, 0.29) is 17.5 Å². The summed E-state index contributed by atoms with van der Waals surface area (Å²) < 4.78 is 3.34. The van der Waals surface area contributed by atoms with E-state index in [0.717, 1.165) is 34.5 Å². The lowest BCUT2D eigenvalue weighted by Crippen LogP contribution is -2.19. The lowest BCUT2D eigenvalue weighted by Gasteiger charge is -2.22. The zero-order valence-electron chi connectivity index (χ0n) is 14.9. The number of aromatic nitrogens is 2. The van der Waals surface area contributed by atoms with Gasteiger partial charge in [-0.3, -0.25) is 13.9 Å². The summed E-state index contributed by atoms with van der Waals surface area (Å²) in [6.07, 6.45) is 8.33. The highest BCUT2D eigenvalue weighted by Gasteiger charge is 2.30. The van der Waals surface area contributed by atoms with Crippen LogP contribution in [0.3, 0.4) is 0 Å². The molecule has 0 spiro atoms. The number of nitrogens with one attached hydrogen (secondary N) is 1. The third kappa shape index (κ3) is 3.24. The number of hydrogen-bond acceptors (Lipinski definition) is 3. The Kier molecular flexibility index (Phi) is 4.40. The van der Waals surface area contributed by atoms with E-state index in [9.17, 15) is 9.59 Å². The summed E-state index contributed by atoms with van der Waals surface area (Å²) in [7, 11) is 3.59. The van der Waals surface area contributed by atoms with Gasteiger partial charge in [-0.05, 0) is 37.8 Å². The molecule has 1 heterocycles. The number of aryl methyl sites for hydroxylation is 2. The normalized spacial score (nSPS) is 18.6. The van der Waals surface area contributed by atoms with E-state index in [4.69, 9.17) is 0 Å². The van der Waals surface area contributed by atoms with Gasteiger partial charge < -0.3 is 5.32 Å². The van der Waals surface area contributed by atoms with Crippen LogP contribution >= 0.6 is 11.8 Å². The third-order valence-corrected chi connectivity index (χ3v) is 6.82. The zero-order chi connectivity index (χ0) is 17.6. The second-order valence-electron chi connectivity index (χ2n) is 7.38. The summed E-state index contributed by atoms with van der Waals surface area (Å²) in [6.45, 7) is 0. The zero-order valence-corrected chi connectivity index (χ0v) is 15.7. The predicted octanol–water partition coefficient (Wildman–Crippen LogP) is 3.65. The van der Waals surface area contributed by atoms with Gasteiger partial charge in [0.15, 0.2) is 0 Å². The van der Waals surface area contributed by atoms with E-state index in [1.165, 1.54) is 32.1 Å². The first-order chi connectivity index (χ1) is 12.0. The first-order valence-electron chi connectivity index (χ1n) is 9.21. The molecule has 2 saturated carbocycles. The van der Waals surface area contributed by atoms with Gasteiger partial charge in [-0.15, -0.1) is 11.8 Å². The maximum absolute atomic E-state index is 12.3. The van der Waals surface area contributed by atoms with Gasteiger partial charge in [-0.25, -0.2) is 4.79 Å². The maximum atomic E-state index is 12.3. The molecular weight excluding hydrogens is 334 g/mol. The number of fused-ring (bicyclic) bond motifs is 1. The Morgan fingerprint density at radius 3 is 2.32 bits per heavy atom. The molecule has 2 fully saturated rings. The summed E-state index contributed by atoms with van der Waals surface area (Å²) in [5.41, 5.74) is 2.62. The number of nitrogens with zero attached hydrogens (tertiary/aromatic N) is 2. The molecule has 6 heteroatoms. The first-order valence-corrected chi connectivity index (χ1v) is 10.1. The van der Waals surface area contributed by atoms with Crippen molar-refractivity contribution in [3.8, 4) is 0 Å². The molecule has 5 nitrogen and oxygen atoms in total. The average molecular weight is 359 g/mol. The number of anilines is 1. The van der Waals surface area contributed by atoms with E-state index < -0.39 is 0 Å². The summed E-state index contributed by atoms with van der Waals surface area (Å²) in [6, 6.07) is 4.06. The Morgan fingerprint density at radius 1 is 1.04 bits per heavy atom. The highest BCUT2D eigenvalue weighted by Crippen LogP contribution is 2.40. The SMILES string of the molecule is Cn1c(=O)n(C)c2cc(SC3CCCCC3)c(NC(=O)C3CC3)cc21. The highest BCUT2D eigenvalue weighted by molar-refractivity contribution is 8.00. The standard InChI is InChI=1S/C19H25N3O2S/c1-21-15-10-14(20-18(23)12-8-9-12)17(11-16(15)22(2)19(21)24)25-13-6-4-3-5-7-13/h10-13H,3-9H2,1-2H3,(H,20,23). The van der Waals surface area contributed by atoms with Gasteiger partial charge in [0, 0.05) is 30.2 Å². The summed E-state index contributed by atoms with van der Waals surface area (Å²) in [4.78, 5) is 25.7. The Labute approximate surface area is 151 Å². The van der Waals surface area contributed by atoms with E-state index >= 15 is 0 Å². The molecule has 0 bridgehead atoms. The van der Waals surface area contributed by atoms with Crippen LogP contribution in [-0.4, -0.2) is 20.3 Å². The third-order valence-electron chi connectivity index (χ3n) is 5.43. The van der Waals surface area contributed by atoms with Crippen molar-refractivity contribution in [2.75, 3.05) is 5.32 Å². The van der Waals surface area contributed by atoms with Gasteiger partial charge in [0.25, 0.3) is 0 Å². The molecule has 2 aliphatic carbocycles. The van der Waals surface area contributed by atoms with E-state index in [2.05, 4.69) is 11.4 Å². The van der Waals surface area contributed by atoms with Crippen LogP contribution in [0.1, 0.15) is 44.9 Å². The van der Waals surface area contributed by atoms with Gasteiger partial charge >= 0.3 is 5.69 Å². The number of imidazole rings is 1. The van der Waals surface area contributed by atoms with Gasteiger partial charge in [0.05, 0.1) is 16.7 Å². The van der Waals surface area contributed by atoms with Gasteiger partial charge in [-0.2, -0.15) is 0 Å². The summed E-state index contributed by atoms with van der Waals surface area (Å²) in [5.74, 6) is 0.286. The monoisotopic (exact) mass is 359 g/mol. The van der Waals surface area contributed by atoms with Crippen LogP contribution in [0.25, 0.3) is 11.0 Å². The van der Waals surface area contributed by atoms with Crippen molar-refractivity contribution in [1.82, 2.24) is 9.13 Å². The molecule has 25 heavy (non-hydrogen) atoms. The largest absolute Gasteiger partial charge is 0.328 e. The van der Waals surface area contributed by atoms with Crippen molar-refractivity contribution in [3.63, 3.8) is 0 Å². The van der Waals surface area contributed by atoms with E-state index in [1.807, 2.05) is 24.9 Å². The van der Waals surface area contributed by atoms with Crippen molar-refractivity contribution in [2.45, 2.75) is 55.1 Å². The van der Waals surface area contributed by atoms with E-state index in [0.29, 0.717) is 5.25 Å². The molecule has 0 aliphatic heterocycles. The van der Waals surface area contributed by atoms with Crippen molar-refractivity contribution < 1.29 is 4.79 Å². The number of carbonyl (C=O) groups is 1. The van der Waals surface area contributed by atoms with Gasteiger partial charge in [-0.1, -0.05) is 19.3 Å². The Hall–Kier alpha value is -1.69. The predicted molar refractivity (Wildman–Crippen MR) is 102 cm³/mol. The molecule has 0 radical (unpaired) electrons. The molecular formula is C19H25N3O2S. The fourth-order valence-corrected chi connectivity index (χ4v) is 5.01. The van der Waals surface area contributed by atoms with Gasteiger partial charge in [0.1, 0.15) is 0 Å². The minimum absolute atomic E-state index is 0.0331. The molecule has 1 aromatic carbocycles. The molecule has 0 unspecified atom stereocenters. The second kappa shape index (κ2) is 6.56. The molecule has 1 N–H and O–H groups in total. The lowest BCUT2D eigenvalue weighted by atomic mass is 10.0. The molecule has 2 aromatic rings. The Bertz CT molecular complexity index is 873. The topological polar surface area (TPSA) is 56.0 Å². The molecule has 1 aromatic heterocycles. The summed E-state index contributed by atoms with van der Waals surface area (Å²) in [5, 5.41) is 3.73. The summed E-state index contributed by atoms with van der Waals surface area (Å²) >= 11 is 1.86. The van der Waals surface area contributed by atoms with Crippen molar-refractivity contribution in [2.24, 2.45) is 20.0 Å². The van der Waals surface area contributed by atoms with Crippen LogP contribution in [0.5, 0.6) is 0 Å². The average Bonchev–Trinajstić information content (AvgIpc) is 3.44. The Morgan fingerprint density at radius 2 is 1.68 bits per heavy atom. The molecule has 0 atom stereocenters. The smallest absolute Gasteiger partial charge is 0.325 e. The van der Waals surface area contributed by atoms with E-state index in [1.54, 1.807) is 16.2 Å². The number of rotatable bonds is 4. The molecule has 0 saturated heterocycles. The molecule has 2 aliphatic rings. The lowest BCUT2D eigenvalue weighted by molar-refractivity contribution is -0.117. The number of amides is 1. The number of thioether (sulfide) groups is 1. The van der Waals surface area contributed by atoms with Crippen molar-refractivity contribution in [1.29, 1.82) is 0 Å². The number of benzene rings is 1. The Balaban J connectivity index is 1.74. The van der Waals surface area contributed by atoms with Crippen molar-refractivity contribution >= 4 is 34.4 Å². The fourth-order valence-electron chi connectivity index (χ4n) is 3.66. The van der Waals surface area contributed by atoms with Crippen LogP contribution in [0, 0.1) is 5.92 Å². The second-order valence-corrected chi connectivity index (χ2v) is 8.72. The quantitative estimate of drug-likeness (QED) is 0.906. The van der Waals surface area contributed by atoms with Gasteiger partial charge in [0.2, 0.25) is 5.91 Å². The minimum atomic E-state index is -0.0331. The van der Waals surface area contributed by atoms with Crippen LogP contribution < -0.4 is 11.0 Å². The number of carbonyl (C=O) groups excluding carboxylic acids is 1. The van der Waals surface area contributed by atoms with Crippen LogP contribution in [0.2, 0.25) is 0 Å². The van der Waals surface area contributed by atoms with Crippen molar-refractivity contribution in [3.05, 3.63) is 22.6 Å². The van der Waals surface area contributed by atoms with Crippen LogP contribution in [0.4, 0.5) is 5.69 Å². The minimum Gasteiger partial charge on any atom is -0.325 e. The van der Waals surface area contributed by atoms with Crippen LogP contribution in [-0.2, 0) is 18.9 Å². The number of hydrogen-bond donors (Lipinski definition) is 1. The highest BCUT2D eigenvalue weighted by atomic mass is 32.2. The molecule has 134 valence electrons. The van der Waals surface area contributed by atoms with Crippen LogP contribution in [0.15, 0.2) is 21.8 Å². The maximum Gasteiger partial charge on any atom is 0.328 e. The fraction of sp³-hybridized carbons (Fsp3) is 0.579. The molecule has 4 rings (SSSR count). The first kappa shape index (κ1) is 16.8.